The summed E-state index contributed by atoms with van der Waals surface area (Å²) in [4.78, 5) is 0. The van der Waals surface area contributed by atoms with Crippen molar-refractivity contribution in [3.8, 4) is 5.75 Å². The molecule has 0 radical (unpaired) electrons. The zero-order valence-electron chi connectivity index (χ0n) is 11.7. The lowest BCUT2D eigenvalue weighted by molar-refractivity contribution is 0.396. The minimum atomic E-state index is -0.338. The zero-order valence-corrected chi connectivity index (χ0v) is 11.7. The molecule has 2 N–H and O–H groups in total. The third-order valence-corrected chi connectivity index (χ3v) is 3.43. The summed E-state index contributed by atoms with van der Waals surface area (Å²) in [5.41, 5.74) is 7.87. The summed E-state index contributed by atoms with van der Waals surface area (Å²) in [7, 11) is 1.54. The first kappa shape index (κ1) is 14.5. The van der Waals surface area contributed by atoms with Gasteiger partial charge in [-0.3, -0.25) is 0 Å². The van der Waals surface area contributed by atoms with Gasteiger partial charge in [0.25, 0.3) is 0 Å². The van der Waals surface area contributed by atoms with Crippen LogP contribution < -0.4 is 10.5 Å². The van der Waals surface area contributed by atoms with E-state index in [1.54, 1.807) is 12.1 Å². The van der Waals surface area contributed by atoms with Crippen LogP contribution in [-0.2, 0) is 6.42 Å². The second-order valence-electron chi connectivity index (χ2n) is 4.84. The van der Waals surface area contributed by atoms with Crippen LogP contribution in [0.25, 0.3) is 0 Å². The average Bonchev–Trinajstić information content (AvgIpc) is 2.47. The van der Waals surface area contributed by atoms with Gasteiger partial charge in [-0.25, -0.2) is 4.39 Å². The number of ether oxygens (including phenoxy) is 1. The molecule has 3 heteroatoms. The zero-order chi connectivity index (χ0) is 14.4. The first-order valence-electron chi connectivity index (χ1n) is 6.84. The highest BCUT2D eigenvalue weighted by atomic mass is 19.1. The van der Waals surface area contributed by atoms with Crippen molar-refractivity contribution in [2.24, 2.45) is 5.73 Å². The van der Waals surface area contributed by atoms with Gasteiger partial charge in [-0.2, -0.15) is 0 Å². The number of nitrogens with two attached hydrogens (primary N) is 1. The van der Waals surface area contributed by atoms with Gasteiger partial charge in [0.2, 0.25) is 0 Å². The van der Waals surface area contributed by atoms with Gasteiger partial charge in [-0.15, -0.1) is 0 Å². The van der Waals surface area contributed by atoms with E-state index in [0.717, 1.165) is 19.3 Å². The van der Waals surface area contributed by atoms with E-state index in [2.05, 4.69) is 12.1 Å². The lowest BCUT2D eigenvalue weighted by Gasteiger charge is -2.16. The second-order valence-corrected chi connectivity index (χ2v) is 4.84. The molecular formula is C17H20FNO. The Morgan fingerprint density at radius 1 is 1.10 bits per heavy atom. The van der Waals surface area contributed by atoms with Gasteiger partial charge in [0, 0.05) is 11.6 Å². The second kappa shape index (κ2) is 7.06. The highest BCUT2D eigenvalue weighted by molar-refractivity contribution is 5.37. The Hall–Kier alpha value is -1.87. The summed E-state index contributed by atoms with van der Waals surface area (Å²) in [6, 6.07) is 14.7. The van der Waals surface area contributed by atoms with Crippen LogP contribution in [0.1, 0.15) is 30.0 Å². The normalized spacial score (nSPS) is 12.2. The van der Waals surface area contributed by atoms with Gasteiger partial charge in [0.1, 0.15) is 11.6 Å². The quantitative estimate of drug-likeness (QED) is 0.867. The van der Waals surface area contributed by atoms with Gasteiger partial charge < -0.3 is 10.5 Å². The Bertz CT molecular complexity index is 542. The Morgan fingerprint density at radius 2 is 1.85 bits per heavy atom. The molecule has 0 amide bonds. The van der Waals surface area contributed by atoms with Crippen molar-refractivity contribution in [3.63, 3.8) is 0 Å². The lowest BCUT2D eigenvalue weighted by Crippen LogP contribution is -2.14. The topological polar surface area (TPSA) is 35.2 Å². The molecule has 20 heavy (non-hydrogen) atoms. The minimum Gasteiger partial charge on any atom is -0.496 e. The minimum absolute atomic E-state index is 0.295. The van der Waals surface area contributed by atoms with Gasteiger partial charge >= 0.3 is 0 Å². The Kier molecular flexibility index (Phi) is 5.13. The SMILES string of the molecule is COc1cccc(F)c1C(N)CCCc1ccccc1. The predicted molar refractivity (Wildman–Crippen MR) is 79.3 cm³/mol. The van der Waals surface area contributed by atoms with Crippen LogP contribution in [0.15, 0.2) is 48.5 Å². The van der Waals surface area contributed by atoms with Crippen LogP contribution in [0.4, 0.5) is 4.39 Å². The number of halogens is 1. The van der Waals surface area contributed by atoms with Gasteiger partial charge in [0.15, 0.2) is 0 Å². The maximum absolute atomic E-state index is 13.9. The molecular weight excluding hydrogens is 253 g/mol. The molecule has 0 aliphatic carbocycles. The smallest absolute Gasteiger partial charge is 0.131 e. The summed E-state index contributed by atoms with van der Waals surface area (Å²) < 4.78 is 19.1. The van der Waals surface area contributed by atoms with Crippen LogP contribution in [0.2, 0.25) is 0 Å². The Balaban J connectivity index is 1.97. The predicted octanol–water partition coefficient (Wildman–Crippen LogP) is 3.86. The molecule has 0 bridgehead atoms. The molecule has 0 fully saturated rings. The highest BCUT2D eigenvalue weighted by Gasteiger charge is 2.16. The summed E-state index contributed by atoms with van der Waals surface area (Å²) in [6.07, 6.45) is 2.60. The number of hydrogen-bond donors (Lipinski definition) is 1. The number of benzene rings is 2. The third-order valence-electron chi connectivity index (χ3n) is 3.43. The van der Waals surface area contributed by atoms with Crippen molar-refractivity contribution in [2.45, 2.75) is 25.3 Å². The highest BCUT2D eigenvalue weighted by Crippen LogP contribution is 2.29. The molecule has 1 atom stereocenters. The molecule has 2 aromatic carbocycles. The average molecular weight is 273 g/mol. The van der Waals surface area contributed by atoms with E-state index < -0.39 is 0 Å². The Morgan fingerprint density at radius 3 is 2.55 bits per heavy atom. The molecule has 0 heterocycles. The van der Waals surface area contributed by atoms with E-state index >= 15 is 0 Å². The van der Waals surface area contributed by atoms with E-state index in [1.807, 2.05) is 18.2 Å². The van der Waals surface area contributed by atoms with E-state index in [4.69, 9.17) is 10.5 Å². The van der Waals surface area contributed by atoms with E-state index in [0.29, 0.717) is 11.3 Å². The fraction of sp³-hybridized carbons (Fsp3) is 0.294. The molecule has 2 nitrogen and oxygen atoms in total. The summed E-state index contributed by atoms with van der Waals surface area (Å²) in [5.74, 6) is 0.230. The summed E-state index contributed by atoms with van der Waals surface area (Å²) >= 11 is 0. The van der Waals surface area contributed by atoms with Crippen molar-refractivity contribution in [1.82, 2.24) is 0 Å². The van der Waals surface area contributed by atoms with Gasteiger partial charge in [-0.05, 0) is 37.0 Å². The van der Waals surface area contributed by atoms with Crippen LogP contribution >= 0.6 is 0 Å². The number of rotatable bonds is 6. The summed E-state index contributed by atoms with van der Waals surface area (Å²) in [5, 5.41) is 0. The largest absolute Gasteiger partial charge is 0.496 e. The van der Waals surface area contributed by atoms with E-state index in [-0.39, 0.29) is 11.9 Å². The van der Waals surface area contributed by atoms with Crippen LogP contribution in [0.3, 0.4) is 0 Å². The molecule has 0 saturated carbocycles. The molecule has 2 rings (SSSR count). The molecule has 0 saturated heterocycles. The molecule has 0 spiro atoms. The molecule has 0 aliphatic rings. The molecule has 106 valence electrons. The van der Waals surface area contributed by atoms with Crippen molar-refractivity contribution >= 4 is 0 Å². The maximum Gasteiger partial charge on any atom is 0.131 e. The standard InChI is InChI=1S/C17H20FNO/c1-20-16-12-6-10-14(18)17(16)15(19)11-5-9-13-7-3-2-4-8-13/h2-4,6-8,10,12,15H,5,9,11,19H2,1H3. The first-order valence-corrected chi connectivity index (χ1v) is 6.84. The van der Waals surface area contributed by atoms with Crippen LogP contribution in [-0.4, -0.2) is 7.11 Å². The molecule has 0 aromatic heterocycles. The lowest BCUT2D eigenvalue weighted by atomic mass is 9.98. The number of methoxy groups -OCH3 is 1. The van der Waals surface area contributed by atoms with Gasteiger partial charge in [-0.1, -0.05) is 36.4 Å². The Labute approximate surface area is 119 Å². The molecule has 1 unspecified atom stereocenters. The fourth-order valence-electron chi connectivity index (χ4n) is 2.37. The van der Waals surface area contributed by atoms with Gasteiger partial charge in [0.05, 0.1) is 7.11 Å². The monoisotopic (exact) mass is 273 g/mol. The van der Waals surface area contributed by atoms with Crippen molar-refractivity contribution in [2.75, 3.05) is 7.11 Å². The van der Waals surface area contributed by atoms with Crippen molar-refractivity contribution < 1.29 is 9.13 Å². The van der Waals surface area contributed by atoms with Crippen LogP contribution in [0.5, 0.6) is 5.75 Å². The molecule has 0 aliphatic heterocycles. The van der Waals surface area contributed by atoms with E-state index in [9.17, 15) is 4.39 Å². The number of hydrogen-bond acceptors (Lipinski definition) is 2. The fourth-order valence-corrected chi connectivity index (χ4v) is 2.37. The first-order chi connectivity index (χ1) is 9.72. The maximum atomic E-state index is 13.9. The van der Waals surface area contributed by atoms with E-state index in [1.165, 1.54) is 18.7 Å². The van der Waals surface area contributed by atoms with Crippen molar-refractivity contribution in [3.05, 3.63) is 65.5 Å². The van der Waals surface area contributed by atoms with Crippen LogP contribution in [0, 0.1) is 5.82 Å². The van der Waals surface area contributed by atoms with Crippen molar-refractivity contribution in [1.29, 1.82) is 0 Å². The summed E-state index contributed by atoms with van der Waals surface area (Å²) in [6.45, 7) is 0. The third kappa shape index (κ3) is 3.58. The molecule has 2 aromatic rings. The number of aryl methyl sites for hydroxylation is 1.